The quantitative estimate of drug-likeness (QED) is 0.812. The zero-order chi connectivity index (χ0) is 18.0. The number of aliphatic imine (C=N–C) groups is 1. The summed E-state index contributed by atoms with van der Waals surface area (Å²) >= 11 is 3.53. The van der Waals surface area contributed by atoms with Crippen molar-refractivity contribution >= 4 is 22.0 Å². The zero-order valence-corrected chi connectivity index (χ0v) is 15.0. The molecule has 5 heteroatoms. The molecular weight excluding hydrogens is 356 g/mol. The van der Waals surface area contributed by atoms with Gasteiger partial charge >= 0.3 is 0 Å². The van der Waals surface area contributed by atoms with Gasteiger partial charge in [0.05, 0.1) is 8.85 Å². The molecule has 2 spiro atoms. The van der Waals surface area contributed by atoms with Gasteiger partial charge in [-0.3, -0.25) is 0 Å². The maximum atomic E-state index is 8.69. The van der Waals surface area contributed by atoms with Crippen LogP contribution in [0.25, 0.3) is 0 Å². The van der Waals surface area contributed by atoms with E-state index in [-0.39, 0.29) is 17.5 Å². The number of nitrogens with two attached hydrogens (primary N) is 1. The zero-order valence-electron chi connectivity index (χ0n) is 15.4. The molecule has 1 heterocycles. The summed E-state index contributed by atoms with van der Waals surface area (Å²) in [5.74, 6) is 0.321. The van der Waals surface area contributed by atoms with Crippen molar-refractivity contribution < 1.29 is 12.2 Å². The number of rotatable bonds is 1. The van der Waals surface area contributed by atoms with Crippen molar-refractivity contribution in [2.24, 2.45) is 22.1 Å². The van der Waals surface area contributed by atoms with E-state index in [9.17, 15) is 0 Å². The van der Waals surface area contributed by atoms with Crippen LogP contribution in [0.5, 0.6) is 0 Å². The molecule has 124 valence electrons. The smallest absolute Gasteiger partial charge is 0.283 e. The fourth-order valence-electron chi connectivity index (χ4n) is 4.89. The number of methoxy groups -OCH3 is 1. The standard InChI is InChI=1S/C18H23BrN2O2/c1-11-8-17(6-5-15(11)22-2)9-12-3-4-13(19)7-14(12)18(17)10-23-16(20)21-18/h3-4,7,11,15H,5-6,8-10H2,1-2H3,(H2,20,21)/t11-,15-,17-,18?/m0/s1/i10D2. The Hall–Kier alpha value is -1.07. The van der Waals surface area contributed by atoms with Crippen LogP contribution in [0, 0.1) is 11.3 Å². The van der Waals surface area contributed by atoms with Crippen LogP contribution in [0.15, 0.2) is 27.7 Å². The summed E-state index contributed by atoms with van der Waals surface area (Å²) in [7, 11) is 1.75. The van der Waals surface area contributed by atoms with Gasteiger partial charge in [0.15, 0.2) is 0 Å². The monoisotopic (exact) mass is 380 g/mol. The number of halogens is 1. The fourth-order valence-corrected chi connectivity index (χ4v) is 5.25. The van der Waals surface area contributed by atoms with E-state index in [4.69, 9.17) is 17.9 Å². The maximum absolute atomic E-state index is 8.69. The molecule has 1 saturated carbocycles. The maximum Gasteiger partial charge on any atom is 0.283 e. The molecule has 4 rings (SSSR count). The Labute approximate surface area is 148 Å². The largest absolute Gasteiger partial charge is 0.462 e. The van der Waals surface area contributed by atoms with Gasteiger partial charge in [0.1, 0.15) is 12.1 Å². The van der Waals surface area contributed by atoms with Crippen molar-refractivity contribution in [2.45, 2.75) is 44.2 Å². The summed E-state index contributed by atoms with van der Waals surface area (Å²) in [6.07, 6.45) is 3.54. The second-order valence-corrected chi connectivity index (χ2v) is 8.03. The van der Waals surface area contributed by atoms with Crippen LogP contribution in [0.2, 0.25) is 0 Å². The minimum atomic E-state index is -1.97. The average molecular weight is 381 g/mol. The van der Waals surface area contributed by atoms with E-state index in [2.05, 4.69) is 33.9 Å². The summed E-state index contributed by atoms with van der Waals surface area (Å²) in [6.45, 7) is 0.211. The first kappa shape index (κ1) is 13.2. The topological polar surface area (TPSA) is 56.8 Å². The second-order valence-electron chi connectivity index (χ2n) is 7.12. The predicted octanol–water partition coefficient (Wildman–Crippen LogP) is 3.37. The molecule has 4 atom stereocenters. The molecule has 1 fully saturated rings. The molecule has 0 amide bonds. The third-order valence-electron chi connectivity index (χ3n) is 5.90. The first-order valence-electron chi connectivity index (χ1n) is 9.11. The molecule has 1 aromatic carbocycles. The van der Waals surface area contributed by atoms with E-state index in [0.717, 1.165) is 41.3 Å². The Bertz CT molecular complexity index is 757. The lowest BCUT2D eigenvalue weighted by atomic mass is 9.59. The first-order chi connectivity index (χ1) is 11.7. The van der Waals surface area contributed by atoms with E-state index >= 15 is 0 Å². The molecule has 23 heavy (non-hydrogen) atoms. The summed E-state index contributed by atoms with van der Waals surface area (Å²) in [5.41, 5.74) is 6.47. The van der Waals surface area contributed by atoms with E-state index in [1.807, 2.05) is 12.1 Å². The molecule has 0 bridgehead atoms. The number of nitrogens with zero attached hydrogens (tertiary/aromatic N) is 1. The molecule has 1 unspecified atom stereocenters. The van der Waals surface area contributed by atoms with E-state index in [1.165, 1.54) is 0 Å². The number of hydrogen-bond acceptors (Lipinski definition) is 4. The first-order valence-corrected chi connectivity index (χ1v) is 8.90. The minimum absolute atomic E-state index is 0.0567. The number of ether oxygens (including phenoxy) is 2. The molecule has 2 N–H and O–H groups in total. The average Bonchev–Trinajstić information content (AvgIpc) is 2.93. The van der Waals surface area contributed by atoms with E-state index < -0.39 is 12.1 Å². The van der Waals surface area contributed by atoms with Gasteiger partial charge in [0.2, 0.25) is 0 Å². The fraction of sp³-hybridized carbons (Fsp3) is 0.611. The molecule has 0 radical (unpaired) electrons. The van der Waals surface area contributed by atoms with Crippen LogP contribution in [-0.4, -0.2) is 25.8 Å². The highest BCUT2D eigenvalue weighted by atomic mass is 79.9. The minimum Gasteiger partial charge on any atom is -0.462 e. The summed E-state index contributed by atoms with van der Waals surface area (Å²) in [4.78, 5) is 4.65. The van der Waals surface area contributed by atoms with Crippen molar-refractivity contribution in [3.05, 3.63) is 33.8 Å². The predicted molar refractivity (Wildman–Crippen MR) is 93.3 cm³/mol. The van der Waals surface area contributed by atoms with Gasteiger partial charge in [-0.1, -0.05) is 28.9 Å². The highest BCUT2D eigenvalue weighted by molar-refractivity contribution is 9.10. The lowest BCUT2D eigenvalue weighted by Gasteiger charge is -2.47. The number of hydrogen-bond donors (Lipinski definition) is 1. The van der Waals surface area contributed by atoms with Crippen molar-refractivity contribution in [3.8, 4) is 0 Å². The molecule has 3 aliphatic rings. The van der Waals surface area contributed by atoms with Gasteiger partial charge in [-0.2, -0.15) is 0 Å². The van der Waals surface area contributed by atoms with Crippen LogP contribution in [0.1, 0.15) is 40.1 Å². The van der Waals surface area contributed by atoms with Crippen LogP contribution < -0.4 is 5.73 Å². The Balaban J connectivity index is 1.92. The van der Waals surface area contributed by atoms with Gasteiger partial charge in [-0.15, -0.1) is 0 Å². The SMILES string of the molecule is [2H]C1([2H])OC(N)=NC12c1cc(Br)ccc1C[C@@]21CC[C@H](OC)[C@@H](C)C1. The van der Waals surface area contributed by atoms with Crippen LogP contribution in [0.4, 0.5) is 0 Å². The molecule has 1 aliphatic heterocycles. The van der Waals surface area contributed by atoms with Gasteiger partial charge in [-0.25, -0.2) is 4.99 Å². The summed E-state index contributed by atoms with van der Waals surface area (Å²) in [5, 5.41) is 0. The lowest BCUT2D eigenvalue weighted by Crippen LogP contribution is -2.48. The molecule has 0 saturated heterocycles. The lowest BCUT2D eigenvalue weighted by molar-refractivity contribution is -0.0445. The number of amidine groups is 1. The van der Waals surface area contributed by atoms with Gasteiger partial charge in [0.25, 0.3) is 6.02 Å². The molecular formula is C18H23BrN2O2. The van der Waals surface area contributed by atoms with E-state index in [1.54, 1.807) is 7.11 Å². The third-order valence-corrected chi connectivity index (χ3v) is 6.39. The normalized spacial score (nSPS) is 42.1. The Morgan fingerprint density at radius 3 is 3.00 bits per heavy atom. The molecule has 2 aliphatic carbocycles. The molecule has 0 aromatic heterocycles. The van der Waals surface area contributed by atoms with Gasteiger partial charge in [0, 0.05) is 17.0 Å². The van der Waals surface area contributed by atoms with Crippen molar-refractivity contribution in [1.82, 2.24) is 0 Å². The molecule has 1 aromatic rings. The Kier molecular flexibility index (Phi) is 3.00. The van der Waals surface area contributed by atoms with Crippen LogP contribution in [0.3, 0.4) is 0 Å². The van der Waals surface area contributed by atoms with Gasteiger partial charge < -0.3 is 15.2 Å². The van der Waals surface area contributed by atoms with Crippen molar-refractivity contribution in [1.29, 1.82) is 0 Å². The third kappa shape index (κ3) is 2.09. The van der Waals surface area contributed by atoms with Crippen LogP contribution >= 0.6 is 15.9 Å². The highest BCUT2D eigenvalue weighted by Crippen LogP contribution is 2.62. The van der Waals surface area contributed by atoms with Crippen molar-refractivity contribution in [3.63, 3.8) is 0 Å². The summed E-state index contributed by atoms with van der Waals surface area (Å²) < 4.78 is 29.3. The van der Waals surface area contributed by atoms with Gasteiger partial charge in [-0.05, 0) is 54.9 Å². The number of fused-ring (bicyclic) bond motifs is 3. The highest BCUT2D eigenvalue weighted by Gasteiger charge is 2.62. The number of benzene rings is 1. The Morgan fingerprint density at radius 2 is 2.35 bits per heavy atom. The van der Waals surface area contributed by atoms with Crippen LogP contribution in [-0.2, 0) is 21.4 Å². The van der Waals surface area contributed by atoms with Crippen molar-refractivity contribution in [2.75, 3.05) is 13.7 Å². The summed E-state index contributed by atoms with van der Waals surface area (Å²) in [6, 6.07) is 6.01. The molecule has 4 nitrogen and oxygen atoms in total. The van der Waals surface area contributed by atoms with E-state index in [0.29, 0.717) is 5.92 Å². The Morgan fingerprint density at radius 1 is 1.52 bits per heavy atom. The second kappa shape index (κ2) is 5.21.